The predicted molar refractivity (Wildman–Crippen MR) is 99.3 cm³/mol. The summed E-state index contributed by atoms with van der Waals surface area (Å²) in [5.74, 6) is -0.0326. The Morgan fingerprint density at radius 2 is 1.96 bits per heavy atom. The van der Waals surface area contributed by atoms with Gasteiger partial charge in [-0.2, -0.15) is 0 Å². The molecule has 2 amide bonds. The van der Waals surface area contributed by atoms with Gasteiger partial charge in [-0.05, 0) is 31.2 Å². The van der Waals surface area contributed by atoms with Crippen LogP contribution in [0.25, 0.3) is 10.9 Å². The van der Waals surface area contributed by atoms with E-state index in [9.17, 15) is 9.90 Å². The van der Waals surface area contributed by atoms with Gasteiger partial charge in [0.15, 0.2) is 5.69 Å². The van der Waals surface area contributed by atoms with Gasteiger partial charge in [0.25, 0.3) is 0 Å². The van der Waals surface area contributed by atoms with Crippen LogP contribution in [0, 0.1) is 0 Å². The van der Waals surface area contributed by atoms with E-state index < -0.39 is 6.03 Å². The molecule has 0 saturated carbocycles. The van der Waals surface area contributed by atoms with Crippen molar-refractivity contribution in [1.82, 2.24) is 4.57 Å². The number of urea groups is 1. The zero-order valence-electron chi connectivity index (χ0n) is 13.2. The number of anilines is 1. The molecule has 3 rings (SSSR count). The van der Waals surface area contributed by atoms with Gasteiger partial charge >= 0.3 is 6.03 Å². The average molecular weight is 377 g/mol. The van der Waals surface area contributed by atoms with Gasteiger partial charge in [0.1, 0.15) is 0 Å². The van der Waals surface area contributed by atoms with Crippen molar-refractivity contribution in [3.63, 3.8) is 0 Å². The second kappa shape index (κ2) is 7.13. The summed E-state index contributed by atoms with van der Waals surface area (Å²) in [6.45, 7) is 2.47. The third-order valence-electron chi connectivity index (χ3n) is 3.65. The van der Waals surface area contributed by atoms with Crippen LogP contribution in [0.3, 0.4) is 0 Å². The van der Waals surface area contributed by atoms with Crippen LogP contribution in [-0.2, 0) is 6.54 Å². The molecule has 0 saturated heterocycles. The number of azo groups is 1. The zero-order valence-corrected chi connectivity index (χ0v) is 14.7. The Hall–Kier alpha value is -2.57. The highest BCUT2D eigenvalue weighted by molar-refractivity contribution is 6.42. The normalized spacial score (nSPS) is 11.3. The first kappa shape index (κ1) is 17.3. The molecule has 1 heterocycles. The molecular weight excluding hydrogens is 363 g/mol. The lowest BCUT2D eigenvalue weighted by Crippen LogP contribution is -2.05. The number of benzene rings is 2. The van der Waals surface area contributed by atoms with E-state index in [0.29, 0.717) is 27.7 Å². The smallest absolute Gasteiger partial charge is 0.364 e. The molecule has 0 aliphatic carbocycles. The number of carbonyl (C=O) groups excluding carboxylic acids is 1. The number of nitrogens with one attached hydrogen (secondary N) is 1. The van der Waals surface area contributed by atoms with Gasteiger partial charge < -0.3 is 15.0 Å². The van der Waals surface area contributed by atoms with Crippen LogP contribution in [0.1, 0.15) is 6.92 Å². The van der Waals surface area contributed by atoms with Gasteiger partial charge in [-0.25, -0.2) is 4.79 Å². The summed E-state index contributed by atoms with van der Waals surface area (Å²) in [6, 6.07) is 11.4. The van der Waals surface area contributed by atoms with Crippen LogP contribution in [0.2, 0.25) is 10.0 Å². The SMILES string of the molecule is CCn1c(O)c(N=NC(=O)Nc2ccc(Cl)c(Cl)c2)c2ccccc21. The lowest BCUT2D eigenvalue weighted by Gasteiger charge is -2.02. The van der Waals surface area contributed by atoms with E-state index in [2.05, 4.69) is 15.5 Å². The summed E-state index contributed by atoms with van der Waals surface area (Å²) in [4.78, 5) is 12.0. The minimum Gasteiger partial charge on any atom is -0.493 e. The van der Waals surface area contributed by atoms with Crippen LogP contribution in [0.15, 0.2) is 52.7 Å². The van der Waals surface area contributed by atoms with Crippen molar-refractivity contribution in [3.05, 3.63) is 52.5 Å². The highest BCUT2D eigenvalue weighted by Gasteiger charge is 2.15. The Kier molecular flexibility index (Phi) is 4.92. The molecule has 0 fully saturated rings. The molecular formula is C17H14Cl2N4O2. The Bertz CT molecular complexity index is 982. The topological polar surface area (TPSA) is 79.0 Å². The van der Waals surface area contributed by atoms with Crippen LogP contribution in [0.4, 0.5) is 16.2 Å². The Morgan fingerprint density at radius 1 is 1.20 bits per heavy atom. The van der Waals surface area contributed by atoms with E-state index in [4.69, 9.17) is 23.2 Å². The van der Waals surface area contributed by atoms with Crippen LogP contribution in [0.5, 0.6) is 5.88 Å². The van der Waals surface area contributed by atoms with Crippen LogP contribution in [-0.4, -0.2) is 15.7 Å². The number of rotatable bonds is 3. The van der Waals surface area contributed by atoms with Crippen molar-refractivity contribution in [2.75, 3.05) is 5.32 Å². The fourth-order valence-corrected chi connectivity index (χ4v) is 2.81. The summed E-state index contributed by atoms with van der Waals surface area (Å²) < 4.78 is 1.69. The quantitative estimate of drug-likeness (QED) is 0.550. The van der Waals surface area contributed by atoms with Crippen molar-refractivity contribution in [3.8, 4) is 5.88 Å². The van der Waals surface area contributed by atoms with E-state index in [-0.39, 0.29) is 11.6 Å². The number of hydrogen-bond donors (Lipinski definition) is 2. The highest BCUT2D eigenvalue weighted by Crippen LogP contribution is 2.38. The standard InChI is InChI=1S/C17H14Cl2N4O2/c1-2-23-14-6-4-3-5-11(14)15(16(23)24)21-22-17(25)20-10-7-8-12(18)13(19)9-10/h3-9,24H,2H2,1H3,(H,20,25). The van der Waals surface area contributed by atoms with E-state index in [1.54, 1.807) is 16.7 Å². The molecule has 2 N–H and O–H groups in total. The van der Waals surface area contributed by atoms with Crippen molar-refractivity contribution < 1.29 is 9.90 Å². The lowest BCUT2D eigenvalue weighted by atomic mass is 10.2. The number of amides is 2. The first-order valence-electron chi connectivity index (χ1n) is 7.49. The van der Waals surface area contributed by atoms with Crippen molar-refractivity contribution in [1.29, 1.82) is 0 Å². The number of fused-ring (bicyclic) bond motifs is 1. The summed E-state index contributed by atoms with van der Waals surface area (Å²) >= 11 is 11.7. The number of hydrogen-bond acceptors (Lipinski definition) is 3. The molecule has 0 aliphatic heterocycles. The molecule has 0 radical (unpaired) electrons. The zero-order chi connectivity index (χ0) is 18.0. The van der Waals surface area contributed by atoms with Gasteiger partial charge in [0.2, 0.25) is 5.88 Å². The molecule has 6 nitrogen and oxygen atoms in total. The molecule has 128 valence electrons. The predicted octanol–water partition coefficient (Wildman–Crippen LogP) is 5.99. The molecule has 0 bridgehead atoms. The molecule has 25 heavy (non-hydrogen) atoms. The van der Waals surface area contributed by atoms with Gasteiger partial charge in [0.05, 0.1) is 15.6 Å². The number of para-hydroxylation sites is 1. The molecule has 1 aromatic heterocycles. The molecule has 8 heteroatoms. The van der Waals surface area contributed by atoms with E-state index in [1.807, 2.05) is 31.2 Å². The fourth-order valence-electron chi connectivity index (χ4n) is 2.51. The third kappa shape index (κ3) is 3.45. The van der Waals surface area contributed by atoms with Crippen molar-refractivity contribution in [2.45, 2.75) is 13.5 Å². The average Bonchev–Trinajstić information content (AvgIpc) is 2.87. The molecule has 3 aromatic rings. The molecule has 0 unspecified atom stereocenters. The number of aromatic nitrogens is 1. The molecule has 2 aromatic carbocycles. The maximum atomic E-state index is 12.0. The maximum Gasteiger partial charge on any atom is 0.364 e. The minimum atomic E-state index is -0.689. The molecule has 0 aliphatic rings. The number of aromatic hydroxyl groups is 1. The van der Waals surface area contributed by atoms with E-state index in [0.717, 1.165) is 5.52 Å². The largest absolute Gasteiger partial charge is 0.493 e. The van der Waals surface area contributed by atoms with Crippen molar-refractivity contribution in [2.24, 2.45) is 10.2 Å². The Balaban J connectivity index is 1.86. The van der Waals surface area contributed by atoms with Gasteiger partial charge in [-0.3, -0.25) is 0 Å². The second-order valence-electron chi connectivity index (χ2n) is 5.19. The summed E-state index contributed by atoms with van der Waals surface area (Å²) in [6.07, 6.45) is 0. The molecule has 0 spiro atoms. The van der Waals surface area contributed by atoms with Crippen molar-refractivity contribution >= 4 is 51.5 Å². The minimum absolute atomic E-state index is 0.0326. The second-order valence-corrected chi connectivity index (χ2v) is 6.01. The molecule has 0 atom stereocenters. The monoisotopic (exact) mass is 376 g/mol. The number of carbonyl (C=O) groups is 1. The summed E-state index contributed by atoms with van der Waals surface area (Å²) in [7, 11) is 0. The van der Waals surface area contributed by atoms with E-state index in [1.165, 1.54) is 6.07 Å². The van der Waals surface area contributed by atoms with Gasteiger partial charge in [-0.1, -0.05) is 46.5 Å². The van der Waals surface area contributed by atoms with E-state index >= 15 is 0 Å². The maximum absolute atomic E-state index is 12.0. The number of aryl methyl sites for hydroxylation is 1. The first-order chi connectivity index (χ1) is 12.0. The fraction of sp³-hybridized carbons (Fsp3) is 0.118. The number of halogens is 2. The van der Waals surface area contributed by atoms with Crippen LogP contribution < -0.4 is 5.32 Å². The third-order valence-corrected chi connectivity index (χ3v) is 4.38. The number of nitrogens with zero attached hydrogens (tertiary/aromatic N) is 3. The Morgan fingerprint density at radius 3 is 2.68 bits per heavy atom. The van der Waals surface area contributed by atoms with Crippen LogP contribution >= 0.6 is 23.2 Å². The Labute approximate surface area is 153 Å². The first-order valence-corrected chi connectivity index (χ1v) is 8.24. The lowest BCUT2D eigenvalue weighted by molar-refractivity contribution is 0.258. The van der Waals surface area contributed by atoms with Gasteiger partial charge in [-0.15, -0.1) is 5.11 Å². The summed E-state index contributed by atoms with van der Waals surface area (Å²) in [5.41, 5.74) is 1.52. The van der Waals surface area contributed by atoms with Gasteiger partial charge in [0, 0.05) is 17.6 Å². The highest BCUT2D eigenvalue weighted by atomic mass is 35.5. The summed E-state index contributed by atoms with van der Waals surface area (Å²) in [5, 5.41) is 21.8.